The zero-order valence-corrected chi connectivity index (χ0v) is 18.2. The van der Waals surface area contributed by atoms with E-state index in [1.165, 1.54) is 16.8 Å². The maximum atomic E-state index is 5.83. The number of benzene rings is 2. The average molecular weight is 425 g/mol. The van der Waals surface area contributed by atoms with Crippen LogP contribution >= 0.6 is 12.2 Å². The molecule has 3 heterocycles. The largest absolute Gasteiger partial charge is 0.352 e. The van der Waals surface area contributed by atoms with Gasteiger partial charge in [0.25, 0.3) is 0 Å². The molecular weight excluding hydrogens is 400 g/mol. The molecule has 0 aliphatic carbocycles. The van der Waals surface area contributed by atoms with Crippen LogP contribution in [0.1, 0.15) is 34.6 Å². The lowest BCUT2D eigenvalue weighted by molar-refractivity contribution is 0.302. The van der Waals surface area contributed by atoms with Gasteiger partial charge < -0.3 is 14.8 Å². The summed E-state index contributed by atoms with van der Waals surface area (Å²) in [6, 6.07) is 29.4. The van der Waals surface area contributed by atoms with Gasteiger partial charge >= 0.3 is 0 Å². The summed E-state index contributed by atoms with van der Waals surface area (Å²) in [5.41, 5.74) is 5.79. The molecule has 0 bridgehead atoms. The first-order valence-corrected chi connectivity index (χ1v) is 10.9. The fourth-order valence-electron chi connectivity index (χ4n) is 4.33. The van der Waals surface area contributed by atoms with Gasteiger partial charge in [0, 0.05) is 30.3 Å². The second-order valence-electron chi connectivity index (χ2n) is 7.88. The molecule has 0 spiro atoms. The van der Waals surface area contributed by atoms with E-state index >= 15 is 0 Å². The van der Waals surface area contributed by atoms with E-state index in [0.717, 1.165) is 23.0 Å². The maximum Gasteiger partial charge on any atom is 0.170 e. The molecule has 1 N–H and O–H groups in total. The maximum absolute atomic E-state index is 5.83. The Morgan fingerprint density at radius 3 is 2.55 bits per heavy atom. The first-order valence-electron chi connectivity index (χ1n) is 10.5. The topological polar surface area (TPSA) is 33.1 Å². The predicted octanol–water partition coefficient (Wildman–Crippen LogP) is 5.35. The standard InChI is InChI=1S/C26H24N4S/c1-19-9-7-12-21(17-19)29-16-8-14-23(29)25-24(22-13-5-6-15-27-22)28-26(31)30(25)18-20-10-3-2-4-11-20/h2-17,24-25H,18H2,1H3,(H,28,31)/t24-,25-/m0/s1. The molecule has 4 nitrogen and oxygen atoms in total. The number of rotatable bonds is 5. The van der Waals surface area contributed by atoms with Crippen LogP contribution in [0, 0.1) is 6.92 Å². The number of hydrogen-bond acceptors (Lipinski definition) is 2. The Kier molecular flexibility index (Phi) is 5.26. The molecule has 1 aliphatic heterocycles. The highest BCUT2D eigenvalue weighted by Gasteiger charge is 2.41. The normalized spacial score (nSPS) is 18.2. The van der Waals surface area contributed by atoms with Crippen LogP contribution in [0.25, 0.3) is 5.69 Å². The second kappa shape index (κ2) is 8.36. The summed E-state index contributed by atoms with van der Waals surface area (Å²) in [6.45, 7) is 2.86. The summed E-state index contributed by atoms with van der Waals surface area (Å²) < 4.78 is 2.27. The number of aromatic nitrogens is 2. The van der Waals surface area contributed by atoms with E-state index in [9.17, 15) is 0 Å². The summed E-state index contributed by atoms with van der Waals surface area (Å²) in [6.07, 6.45) is 3.97. The molecule has 0 unspecified atom stereocenters. The van der Waals surface area contributed by atoms with E-state index in [1.54, 1.807) is 0 Å². The number of hydrogen-bond donors (Lipinski definition) is 1. The molecular formula is C26H24N4S. The van der Waals surface area contributed by atoms with Crippen molar-refractivity contribution in [2.45, 2.75) is 25.6 Å². The molecule has 0 saturated carbocycles. The number of pyridine rings is 1. The van der Waals surface area contributed by atoms with Crippen molar-refractivity contribution < 1.29 is 0 Å². The van der Waals surface area contributed by atoms with Gasteiger partial charge in [-0.05, 0) is 66.7 Å². The quantitative estimate of drug-likeness (QED) is 0.438. The van der Waals surface area contributed by atoms with Gasteiger partial charge in [-0.2, -0.15) is 0 Å². The smallest absolute Gasteiger partial charge is 0.170 e. The van der Waals surface area contributed by atoms with Crippen molar-refractivity contribution in [1.82, 2.24) is 19.8 Å². The number of nitrogens with one attached hydrogen (secondary N) is 1. The molecule has 31 heavy (non-hydrogen) atoms. The summed E-state index contributed by atoms with van der Waals surface area (Å²) in [4.78, 5) is 6.94. The molecule has 154 valence electrons. The van der Waals surface area contributed by atoms with Crippen LogP contribution in [0.4, 0.5) is 0 Å². The Hall–Kier alpha value is -3.44. The van der Waals surface area contributed by atoms with Gasteiger partial charge in [-0.15, -0.1) is 0 Å². The van der Waals surface area contributed by atoms with Crippen molar-refractivity contribution >= 4 is 17.3 Å². The van der Waals surface area contributed by atoms with E-state index in [2.05, 4.69) is 99.6 Å². The molecule has 5 rings (SSSR count). The van der Waals surface area contributed by atoms with Crippen molar-refractivity contribution in [2.24, 2.45) is 0 Å². The SMILES string of the molecule is Cc1cccc(-n2cccc2[C@H]2[C@H](c3ccccn3)NC(=S)N2Cc2ccccc2)c1. The fourth-order valence-corrected chi connectivity index (χ4v) is 4.63. The van der Waals surface area contributed by atoms with Crippen LogP contribution in [-0.4, -0.2) is 19.6 Å². The summed E-state index contributed by atoms with van der Waals surface area (Å²) in [5.74, 6) is 0. The average Bonchev–Trinajstić information content (AvgIpc) is 3.40. The molecule has 1 fully saturated rings. The van der Waals surface area contributed by atoms with Gasteiger partial charge in [0.05, 0.1) is 17.8 Å². The highest BCUT2D eigenvalue weighted by molar-refractivity contribution is 7.80. The van der Waals surface area contributed by atoms with Crippen molar-refractivity contribution in [3.8, 4) is 5.69 Å². The van der Waals surface area contributed by atoms with Gasteiger partial charge in [-0.3, -0.25) is 4.98 Å². The minimum Gasteiger partial charge on any atom is -0.352 e. The Labute approximate surface area is 188 Å². The third-order valence-electron chi connectivity index (χ3n) is 5.76. The fraction of sp³-hybridized carbons (Fsp3) is 0.154. The highest BCUT2D eigenvalue weighted by Crippen LogP contribution is 2.40. The second-order valence-corrected chi connectivity index (χ2v) is 8.27. The summed E-state index contributed by atoms with van der Waals surface area (Å²) in [7, 11) is 0. The Morgan fingerprint density at radius 2 is 1.77 bits per heavy atom. The van der Waals surface area contributed by atoms with Crippen molar-refractivity contribution in [3.63, 3.8) is 0 Å². The van der Waals surface area contributed by atoms with E-state index in [4.69, 9.17) is 12.2 Å². The van der Waals surface area contributed by atoms with Crippen LogP contribution in [0.15, 0.2) is 97.3 Å². The minimum atomic E-state index is -0.0316. The van der Waals surface area contributed by atoms with Crippen LogP contribution in [-0.2, 0) is 6.54 Å². The molecule has 2 aromatic carbocycles. The molecule has 4 aromatic rings. The molecule has 0 radical (unpaired) electrons. The van der Waals surface area contributed by atoms with Crippen molar-refractivity contribution in [1.29, 1.82) is 0 Å². The molecule has 1 aliphatic rings. The van der Waals surface area contributed by atoms with Gasteiger partial charge in [-0.1, -0.05) is 48.5 Å². The Balaban J connectivity index is 1.61. The predicted molar refractivity (Wildman–Crippen MR) is 128 cm³/mol. The lowest BCUT2D eigenvalue weighted by Crippen LogP contribution is -2.30. The van der Waals surface area contributed by atoms with E-state index in [-0.39, 0.29) is 12.1 Å². The van der Waals surface area contributed by atoms with E-state index < -0.39 is 0 Å². The first kappa shape index (κ1) is 19.5. The highest BCUT2D eigenvalue weighted by atomic mass is 32.1. The zero-order valence-electron chi connectivity index (χ0n) is 17.3. The molecule has 2 aromatic heterocycles. The van der Waals surface area contributed by atoms with Crippen LogP contribution in [0.5, 0.6) is 0 Å². The van der Waals surface area contributed by atoms with Crippen molar-refractivity contribution in [2.75, 3.05) is 0 Å². The zero-order chi connectivity index (χ0) is 21.2. The minimum absolute atomic E-state index is 0.0121. The lowest BCUT2D eigenvalue weighted by atomic mass is 10.0. The third kappa shape index (κ3) is 3.84. The Morgan fingerprint density at radius 1 is 0.935 bits per heavy atom. The van der Waals surface area contributed by atoms with Crippen LogP contribution in [0.2, 0.25) is 0 Å². The van der Waals surface area contributed by atoms with Gasteiger partial charge in [0.15, 0.2) is 5.11 Å². The third-order valence-corrected chi connectivity index (χ3v) is 6.11. The van der Waals surface area contributed by atoms with E-state index in [1.807, 2.05) is 24.4 Å². The van der Waals surface area contributed by atoms with Gasteiger partial charge in [0.1, 0.15) is 0 Å². The summed E-state index contributed by atoms with van der Waals surface area (Å²) >= 11 is 5.83. The lowest BCUT2D eigenvalue weighted by Gasteiger charge is -2.29. The van der Waals surface area contributed by atoms with Crippen LogP contribution < -0.4 is 5.32 Å². The number of aryl methyl sites for hydroxylation is 1. The van der Waals surface area contributed by atoms with Crippen molar-refractivity contribution in [3.05, 3.63) is 120 Å². The summed E-state index contributed by atoms with van der Waals surface area (Å²) in [5, 5.41) is 4.30. The monoisotopic (exact) mass is 424 g/mol. The van der Waals surface area contributed by atoms with E-state index in [0.29, 0.717) is 0 Å². The molecule has 2 atom stereocenters. The Bertz CT molecular complexity index is 1190. The van der Waals surface area contributed by atoms with Gasteiger partial charge in [-0.25, -0.2) is 0 Å². The molecule has 1 saturated heterocycles. The molecule has 0 amide bonds. The van der Waals surface area contributed by atoms with Crippen LogP contribution in [0.3, 0.4) is 0 Å². The number of nitrogens with zero attached hydrogens (tertiary/aromatic N) is 3. The first-order chi connectivity index (χ1) is 15.2. The number of thiocarbonyl (C=S) groups is 1. The van der Waals surface area contributed by atoms with Gasteiger partial charge in [0.2, 0.25) is 0 Å². The molecule has 5 heteroatoms.